The van der Waals surface area contributed by atoms with Crippen molar-refractivity contribution in [3.63, 3.8) is 0 Å². The first-order chi connectivity index (χ1) is 7.26. The normalized spacial score (nSPS) is 19.1. The lowest BCUT2D eigenvalue weighted by molar-refractivity contribution is -0.120. The van der Waals surface area contributed by atoms with Gasteiger partial charge in [-0.05, 0) is 44.8 Å². The molecule has 1 N–H and O–H groups in total. The van der Waals surface area contributed by atoms with Crippen LogP contribution in [0.1, 0.15) is 41.0 Å². The first-order valence-electron chi connectivity index (χ1n) is 6.25. The van der Waals surface area contributed by atoms with E-state index in [1.807, 2.05) is 6.92 Å². The van der Waals surface area contributed by atoms with Crippen LogP contribution in [0.25, 0.3) is 0 Å². The number of carbonyl (C=O) groups is 1. The van der Waals surface area contributed by atoms with Crippen molar-refractivity contribution < 1.29 is 6.22 Å². The summed E-state index contributed by atoms with van der Waals surface area (Å²) >= 11 is 0. The Balaban J connectivity index is 0.00000225. The number of piperidine rings is 1. The third-order valence-electron chi connectivity index (χ3n) is 3.35. The van der Waals surface area contributed by atoms with Crippen LogP contribution in [0.15, 0.2) is 0 Å². The van der Waals surface area contributed by atoms with E-state index in [2.05, 4.69) is 17.1 Å². The summed E-state index contributed by atoms with van der Waals surface area (Å²) in [5.41, 5.74) is 0. The Kier molecular flexibility index (Phi) is 5.69. The Labute approximate surface area is 94.7 Å². The van der Waals surface area contributed by atoms with Gasteiger partial charge in [0.05, 0.1) is 0 Å². The summed E-state index contributed by atoms with van der Waals surface area (Å²) in [7, 11) is 0. The Hall–Kier alpha value is -0.570. The van der Waals surface area contributed by atoms with Gasteiger partial charge < -0.3 is 10.2 Å². The van der Waals surface area contributed by atoms with Gasteiger partial charge in [-0.25, -0.2) is 0 Å². The monoisotopic (exact) mass is 214 g/mol. The van der Waals surface area contributed by atoms with Crippen molar-refractivity contribution in [2.45, 2.75) is 39.5 Å². The number of amides is 1. The van der Waals surface area contributed by atoms with Crippen LogP contribution < -0.4 is 5.32 Å². The molecule has 0 saturated carbocycles. The molecule has 1 fully saturated rings. The molecule has 0 atom stereocenters. The zero-order valence-electron chi connectivity index (χ0n) is 10.1. The van der Waals surface area contributed by atoms with E-state index in [9.17, 15) is 4.79 Å². The highest BCUT2D eigenvalue weighted by atomic mass is 16.1. The smallest absolute Gasteiger partial charge is 0.219 e. The highest BCUT2D eigenvalue weighted by molar-refractivity contribution is 5.75. The molecule has 0 aromatic carbocycles. The van der Waals surface area contributed by atoms with Crippen LogP contribution in [0, 0.1) is 5.92 Å². The van der Waals surface area contributed by atoms with E-state index in [0.717, 1.165) is 18.9 Å². The molecule has 0 unspecified atom stereocenters. The van der Waals surface area contributed by atoms with E-state index >= 15 is 0 Å². The van der Waals surface area contributed by atoms with Crippen LogP contribution in [0.4, 0.5) is 0 Å². The summed E-state index contributed by atoms with van der Waals surface area (Å²) in [5, 5.41) is 2.95. The van der Waals surface area contributed by atoms with Gasteiger partial charge in [0.2, 0.25) is 5.91 Å². The molecule has 1 rings (SSSR count). The molecule has 3 nitrogen and oxygen atoms in total. The topological polar surface area (TPSA) is 32.3 Å². The molecule has 15 heavy (non-hydrogen) atoms. The maximum atomic E-state index is 11.0. The molecule has 1 saturated heterocycles. The Morgan fingerprint density at radius 3 is 2.60 bits per heavy atom. The van der Waals surface area contributed by atoms with Crippen LogP contribution in [-0.2, 0) is 4.79 Å². The lowest BCUT2D eigenvalue weighted by Crippen LogP contribution is -2.34. The molecule has 90 valence electrons. The second-order valence-corrected chi connectivity index (χ2v) is 4.37. The fourth-order valence-corrected chi connectivity index (χ4v) is 2.13. The zero-order valence-corrected chi connectivity index (χ0v) is 10.1. The molecule has 3 heteroatoms. The van der Waals surface area contributed by atoms with Gasteiger partial charge in [0.15, 0.2) is 0 Å². The zero-order chi connectivity index (χ0) is 11.1. The number of nitrogens with one attached hydrogen (secondary N) is 1. The van der Waals surface area contributed by atoms with E-state index in [-0.39, 0.29) is 7.33 Å². The Bertz CT molecular complexity index is 191. The van der Waals surface area contributed by atoms with Crippen molar-refractivity contribution in [1.82, 2.24) is 10.2 Å². The van der Waals surface area contributed by atoms with Crippen LogP contribution in [0.2, 0.25) is 0 Å². The highest BCUT2D eigenvalue weighted by Gasteiger charge is 2.17. The van der Waals surface area contributed by atoms with Crippen LogP contribution in [-0.4, -0.2) is 37.0 Å². The van der Waals surface area contributed by atoms with E-state index in [1.54, 1.807) is 0 Å². The summed E-state index contributed by atoms with van der Waals surface area (Å²) < 4.78 is 0. The third kappa shape index (κ3) is 4.65. The average Bonchev–Trinajstić information content (AvgIpc) is 2.29. The summed E-state index contributed by atoms with van der Waals surface area (Å²) in [5.74, 6) is 1.01. The second-order valence-electron chi connectivity index (χ2n) is 4.37. The van der Waals surface area contributed by atoms with Crippen LogP contribution >= 0.6 is 0 Å². The molecule has 0 aliphatic carbocycles. The van der Waals surface area contributed by atoms with Gasteiger partial charge in [-0.3, -0.25) is 4.79 Å². The summed E-state index contributed by atoms with van der Waals surface area (Å²) in [4.78, 5) is 13.5. The Morgan fingerprint density at radius 2 is 2.07 bits per heavy atom. The quantitative estimate of drug-likeness (QED) is 0.758. The average molecular weight is 214 g/mol. The van der Waals surface area contributed by atoms with Crippen molar-refractivity contribution in [1.29, 1.82) is 0 Å². The predicted octanol–water partition coefficient (Wildman–Crippen LogP) is 1.88. The number of hydrogen-bond acceptors (Lipinski definition) is 2. The van der Waals surface area contributed by atoms with Gasteiger partial charge in [-0.15, -0.1) is 0 Å². The summed E-state index contributed by atoms with van der Waals surface area (Å²) in [6.07, 6.45) is 4.36. The highest BCUT2D eigenvalue weighted by Crippen LogP contribution is 2.19. The fourth-order valence-electron chi connectivity index (χ4n) is 2.13. The molecule has 0 bridgehead atoms. The largest absolute Gasteiger partial charge is 0.356 e. The molecule has 0 aromatic heterocycles. The fraction of sp³-hybridized carbons (Fsp3) is 0.917. The van der Waals surface area contributed by atoms with Crippen molar-refractivity contribution in [3.8, 4) is 0 Å². The molecule has 0 radical (unpaired) electrons. The van der Waals surface area contributed by atoms with Crippen LogP contribution in [0.5, 0.6) is 0 Å². The number of nitrogens with zero attached hydrogens (tertiary/aromatic N) is 1. The molecule has 1 amide bonds. The molecule has 1 aliphatic heterocycles. The minimum atomic E-state index is 0. The van der Waals surface area contributed by atoms with E-state index in [1.165, 1.54) is 32.5 Å². The van der Waals surface area contributed by atoms with E-state index in [0.29, 0.717) is 6.42 Å². The van der Waals surface area contributed by atoms with Crippen molar-refractivity contribution in [2.75, 3.05) is 26.2 Å². The van der Waals surface area contributed by atoms with Gasteiger partial charge in [0.25, 0.3) is 0 Å². The van der Waals surface area contributed by atoms with Gasteiger partial charge in [-0.2, -0.15) is 0 Å². The maximum absolute atomic E-state index is 11.0. The standard InChI is InChI=1S/C12H24N2O.H2/c1-3-12(15)13-8-5-11-6-9-14(4-2)10-7-11;/h11H,3-10H2,1-2H3,(H,13,15);1H. The molecule has 0 aromatic rings. The van der Waals surface area contributed by atoms with Gasteiger partial charge in [0.1, 0.15) is 0 Å². The predicted molar refractivity (Wildman–Crippen MR) is 64.9 cm³/mol. The van der Waals surface area contributed by atoms with Gasteiger partial charge >= 0.3 is 0 Å². The van der Waals surface area contributed by atoms with E-state index < -0.39 is 0 Å². The lowest BCUT2D eigenvalue weighted by Gasteiger charge is -2.30. The van der Waals surface area contributed by atoms with Crippen LogP contribution in [0.3, 0.4) is 0 Å². The van der Waals surface area contributed by atoms with Gasteiger partial charge in [0, 0.05) is 14.4 Å². The van der Waals surface area contributed by atoms with Crippen molar-refractivity contribution in [3.05, 3.63) is 0 Å². The second kappa shape index (κ2) is 6.83. The minimum Gasteiger partial charge on any atom is -0.356 e. The lowest BCUT2D eigenvalue weighted by atomic mass is 9.93. The first-order valence-corrected chi connectivity index (χ1v) is 6.25. The number of carbonyl (C=O) groups excluding carboxylic acids is 1. The SMILES string of the molecule is CCC(=O)NCCC1CCN(CC)CC1.[HH]. The number of rotatable bonds is 5. The Morgan fingerprint density at radius 1 is 1.40 bits per heavy atom. The first kappa shape index (κ1) is 12.5. The molecular formula is C12H26N2O. The number of likely N-dealkylation sites (tertiary alicyclic amines) is 1. The maximum Gasteiger partial charge on any atom is 0.219 e. The molecule has 1 aliphatic rings. The molecule has 1 heterocycles. The van der Waals surface area contributed by atoms with E-state index in [4.69, 9.17) is 0 Å². The molecule has 0 spiro atoms. The van der Waals surface area contributed by atoms with Gasteiger partial charge in [-0.1, -0.05) is 13.8 Å². The number of hydrogen-bond donors (Lipinski definition) is 1. The third-order valence-corrected chi connectivity index (χ3v) is 3.35. The molecular weight excluding hydrogens is 188 g/mol. The van der Waals surface area contributed by atoms with Crippen molar-refractivity contribution >= 4 is 5.91 Å². The summed E-state index contributed by atoms with van der Waals surface area (Å²) in [6, 6.07) is 0. The van der Waals surface area contributed by atoms with Crippen molar-refractivity contribution in [2.24, 2.45) is 5.92 Å². The minimum absolute atomic E-state index is 0. The summed E-state index contributed by atoms with van der Waals surface area (Å²) in [6.45, 7) is 8.64.